The van der Waals surface area contributed by atoms with Crippen LogP contribution in [0.3, 0.4) is 0 Å². The van der Waals surface area contributed by atoms with Crippen molar-refractivity contribution in [2.75, 3.05) is 26.7 Å². The van der Waals surface area contributed by atoms with E-state index in [0.29, 0.717) is 6.04 Å². The SMILES string of the molecule is CC(C)N1CCCN(C)C(=O)C1CO. The zero-order valence-corrected chi connectivity index (χ0v) is 9.23. The molecule has 1 rings (SSSR count). The molecule has 0 bridgehead atoms. The van der Waals surface area contributed by atoms with E-state index in [1.54, 1.807) is 11.9 Å². The van der Waals surface area contributed by atoms with Gasteiger partial charge in [-0.05, 0) is 20.3 Å². The third-order valence-corrected chi connectivity index (χ3v) is 2.81. The molecular weight excluding hydrogens is 180 g/mol. The molecule has 1 amide bonds. The highest BCUT2D eigenvalue weighted by molar-refractivity contribution is 5.82. The summed E-state index contributed by atoms with van der Waals surface area (Å²) in [7, 11) is 1.80. The van der Waals surface area contributed by atoms with Crippen molar-refractivity contribution in [3.05, 3.63) is 0 Å². The van der Waals surface area contributed by atoms with Gasteiger partial charge in [-0.3, -0.25) is 9.69 Å². The van der Waals surface area contributed by atoms with E-state index in [-0.39, 0.29) is 18.6 Å². The number of hydrogen-bond acceptors (Lipinski definition) is 3. The Kier molecular flexibility index (Phi) is 3.89. The first-order valence-corrected chi connectivity index (χ1v) is 5.19. The molecular formula is C10H20N2O2. The molecule has 1 atom stereocenters. The molecule has 0 aromatic heterocycles. The van der Waals surface area contributed by atoms with Gasteiger partial charge in [-0.25, -0.2) is 0 Å². The van der Waals surface area contributed by atoms with Crippen LogP contribution in [0.2, 0.25) is 0 Å². The Morgan fingerprint density at radius 1 is 1.50 bits per heavy atom. The van der Waals surface area contributed by atoms with Crippen molar-refractivity contribution >= 4 is 5.91 Å². The molecule has 0 saturated carbocycles. The molecule has 1 aliphatic rings. The molecule has 1 saturated heterocycles. The van der Waals surface area contributed by atoms with Crippen molar-refractivity contribution in [3.8, 4) is 0 Å². The summed E-state index contributed by atoms with van der Waals surface area (Å²) < 4.78 is 0. The maximum absolute atomic E-state index is 11.8. The topological polar surface area (TPSA) is 43.8 Å². The molecule has 0 spiro atoms. The Bertz CT molecular complexity index is 206. The summed E-state index contributed by atoms with van der Waals surface area (Å²) >= 11 is 0. The fourth-order valence-electron chi connectivity index (χ4n) is 1.95. The quantitative estimate of drug-likeness (QED) is 0.678. The van der Waals surface area contributed by atoms with Crippen molar-refractivity contribution in [2.45, 2.75) is 32.4 Å². The first kappa shape index (κ1) is 11.5. The van der Waals surface area contributed by atoms with Crippen molar-refractivity contribution in [3.63, 3.8) is 0 Å². The molecule has 1 fully saturated rings. The average molecular weight is 200 g/mol. The van der Waals surface area contributed by atoms with E-state index >= 15 is 0 Å². The zero-order valence-electron chi connectivity index (χ0n) is 9.23. The Morgan fingerprint density at radius 2 is 2.14 bits per heavy atom. The van der Waals surface area contributed by atoms with Gasteiger partial charge in [0.1, 0.15) is 6.04 Å². The highest BCUT2D eigenvalue weighted by Crippen LogP contribution is 2.13. The molecule has 0 aliphatic carbocycles. The second-order valence-electron chi connectivity index (χ2n) is 4.14. The number of carbonyl (C=O) groups is 1. The third kappa shape index (κ3) is 2.25. The number of hydrogen-bond donors (Lipinski definition) is 1. The van der Waals surface area contributed by atoms with Gasteiger partial charge in [-0.1, -0.05) is 0 Å². The molecule has 82 valence electrons. The van der Waals surface area contributed by atoms with Crippen LogP contribution >= 0.6 is 0 Å². The van der Waals surface area contributed by atoms with Gasteiger partial charge in [-0.15, -0.1) is 0 Å². The molecule has 4 heteroatoms. The Balaban J connectivity index is 2.80. The van der Waals surface area contributed by atoms with Crippen LogP contribution in [0.5, 0.6) is 0 Å². The van der Waals surface area contributed by atoms with Crippen LogP contribution in [-0.2, 0) is 4.79 Å². The number of rotatable bonds is 2. The molecule has 0 aromatic carbocycles. The number of aliphatic hydroxyl groups is 1. The monoisotopic (exact) mass is 200 g/mol. The van der Waals surface area contributed by atoms with Crippen molar-refractivity contribution in [1.82, 2.24) is 9.80 Å². The van der Waals surface area contributed by atoms with Gasteiger partial charge in [0.15, 0.2) is 0 Å². The van der Waals surface area contributed by atoms with E-state index < -0.39 is 0 Å². The van der Waals surface area contributed by atoms with E-state index in [2.05, 4.69) is 18.7 Å². The lowest BCUT2D eigenvalue weighted by Crippen LogP contribution is -2.49. The highest BCUT2D eigenvalue weighted by atomic mass is 16.3. The van der Waals surface area contributed by atoms with Gasteiger partial charge < -0.3 is 10.0 Å². The standard InChI is InChI=1S/C10H20N2O2/c1-8(2)12-6-4-5-11(3)10(14)9(12)7-13/h8-9,13H,4-7H2,1-3H3. The van der Waals surface area contributed by atoms with E-state index in [9.17, 15) is 9.90 Å². The van der Waals surface area contributed by atoms with Crippen LogP contribution in [-0.4, -0.2) is 59.6 Å². The minimum atomic E-state index is -0.345. The maximum Gasteiger partial charge on any atom is 0.242 e. The summed E-state index contributed by atoms with van der Waals surface area (Å²) in [6.07, 6.45) is 0.983. The molecule has 1 unspecified atom stereocenters. The highest BCUT2D eigenvalue weighted by Gasteiger charge is 2.31. The second-order valence-corrected chi connectivity index (χ2v) is 4.14. The Labute approximate surface area is 85.5 Å². The number of carbonyl (C=O) groups excluding carboxylic acids is 1. The molecule has 0 aromatic rings. The normalized spacial score (nSPS) is 25.6. The van der Waals surface area contributed by atoms with Crippen molar-refractivity contribution in [2.24, 2.45) is 0 Å². The number of aliphatic hydroxyl groups excluding tert-OH is 1. The van der Waals surface area contributed by atoms with Crippen LogP contribution < -0.4 is 0 Å². The lowest BCUT2D eigenvalue weighted by atomic mass is 10.2. The average Bonchev–Trinajstić information content (AvgIpc) is 2.27. The van der Waals surface area contributed by atoms with Crippen LogP contribution in [0.1, 0.15) is 20.3 Å². The smallest absolute Gasteiger partial charge is 0.242 e. The summed E-state index contributed by atoms with van der Waals surface area (Å²) in [4.78, 5) is 15.6. The molecule has 0 radical (unpaired) electrons. The Hall–Kier alpha value is -0.610. The minimum absolute atomic E-state index is 0.0405. The van der Waals surface area contributed by atoms with Crippen molar-refractivity contribution < 1.29 is 9.90 Å². The van der Waals surface area contributed by atoms with E-state index in [1.165, 1.54) is 0 Å². The van der Waals surface area contributed by atoms with E-state index in [1.807, 2.05) is 0 Å². The van der Waals surface area contributed by atoms with Gasteiger partial charge in [0, 0.05) is 26.2 Å². The van der Waals surface area contributed by atoms with Crippen LogP contribution in [0.15, 0.2) is 0 Å². The first-order valence-electron chi connectivity index (χ1n) is 5.19. The predicted octanol–water partition coefficient (Wildman–Crippen LogP) is -0.0802. The van der Waals surface area contributed by atoms with Gasteiger partial charge in [0.25, 0.3) is 0 Å². The third-order valence-electron chi connectivity index (χ3n) is 2.81. The molecule has 14 heavy (non-hydrogen) atoms. The van der Waals surface area contributed by atoms with Crippen LogP contribution in [0, 0.1) is 0 Å². The van der Waals surface area contributed by atoms with Gasteiger partial charge in [0.05, 0.1) is 6.61 Å². The van der Waals surface area contributed by atoms with Gasteiger partial charge >= 0.3 is 0 Å². The number of nitrogens with zero attached hydrogens (tertiary/aromatic N) is 2. The number of amides is 1. The van der Waals surface area contributed by atoms with E-state index in [4.69, 9.17) is 0 Å². The number of likely N-dealkylation sites (N-methyl/N-ethyl adjacent to an activating group) is 1. The first-order chi connectivity index (χ1) is 6.57. The fraction of sp³-hybridized carbons (Fsp3) is 0.900. The lowest BCUT2D eigenvalue weighted by molar-refractivity contribution is -0.136. The lowest BCUT2D eigenvalue weighted by Gasteiger charge is -2.31. The van der Waals surface area contributed by atoms with E-state index in [0.717, 1.165) is 19.5 Å². The molecule has 1 heterocycles. The summed E-state index contributed by atoms with van der Waals surface area (Å²) in [5.74, 6) is 0.0405. The zero-order chi connectivity index (χ0) is 10.7. The molecule has 4 nitrogen and oxygen atoms in total. The summed E-state index contributed by atoms with van der Waals surface area (Å²) in [5.41, 5.74) is 0. The maximum atomic E-state index is 11.8. The summed E-state index contributed by atoms with van der Waals surface area (Å²) in [6.45, 7) is 5.71. The minimum Gasteiger partial charge on any atom is -0.394 e. The molecule has 1 aliphatic heterocycles. The second kappa shape index (κ2) is 4.75. The van der Waals surface area contributed by atoms with Gasteiger partial charge in [0.2, 0.25) is 5.91 Å². The fourth-order valence-corrected chi connectivity index (χ4v) is 1.95. The summed E-state index contributed by atoms with van der Waals surface area (Å²) in [5, 5.41) is 9.23. The van der Waals surface area contributed by atoms with Gasteiger partial charge in [-0.2, -0.15) is 0 Å². The van der Waals surface area contributed by atoms with Crippen molar-refractivity contribution in [1.29, 1.82) is 0 Å². The largest absolute Gasteiger partial charge is 0.394 e. The van der Waals surface area contributed by atoms with Crippen LogP contribution in [0.4, 0.5) is 0 Å². The Morgan fingerprint density at radius 3 is 2.64 bits per heavy atom. The predicted molar refractivity (Wildman–Crippen MR) is 55.0 cm³/mol. The van der Waals surface area contributed by atoms with Crippen LogP contribution in [0.25, 0.3) is 0 Å². The molecule has 1 N–H and O–H groups in total. The summed E-state index contributed by atoms with van der Waals surface area (Å²) in [6, 6.07) is -0.0369.